The van der Waals surface area contributed by atoms with Gasteiger partial charge in [-0.25, -0.2) is 4.39 Å². The minimum Gasteiger partial charge on any atom is -0.497 e. The van der Waals surface area contributed by atoms with Crippen molar-refractivity contribution in [2.45, 2.75) is 19.4 Å². The molecule has 0 unspecified atom stereocenters. The summed E-state index contributed by atoms with van der Waals surface area (Å²) in [5.74, 6) is 0.0400. The van der Waals surface area contributed by atoms with Crippen molar-refractivity contribution in [1.82, 2.24) is 0 Å². The maximum atomic E-state index is 13.2. The van der Waals surface area contributed by atoms with Crippen molar-refractivity contribution in [1.29, 1.82) is 0 Å². The number of benzene rings is 1. The van der Waals surface area contributed by atoms with Crippen molar-refractivity contribution in [3.05, 3.63) is 29.6 Å². The van der Waals surface area contributed by atoms with Crippen LogP contribution in [0.1, 0.15) is 25.0 Å². The molecule has 1 atom stereocenters. The summed E-state index contributed by atoms with van der Waals surface area (Å²) in [6.45, 7) is 1.80. The third-order valence-corrected chi connectivity index (χ3v) is 1.95. The molecule has 3 heteroatoms. The summed E-state index contributed by atoms with van der Waals surface area (Å²) in [4.78, 5) is 0. The number of methoxy groups -OCH3 is 1. The Morgan fingerprint density at radius 1 is 1.54 bits per heavy atom. The molecule has 2 nitrogen and oxygen atoms in total. The molecule has 0 aromatic heterocycles. The third-order valence-electron chi connectivity index (χ3n) is 1.95. The number of hydrogen-bond acceptors (Lipinski definition) is 2. The number of aliphatic hydroxyl groups excluding tert-OH is 1. The molecular formula is C10H13FO2. The van der Waals surface area contributed by atoms with Crippen LogP contribution in [0.4, 0.5) is 4.39 Å². The highest BCUT2D eigenvalue weighted by molar-refractivity contribution is 5.30. The Balaban J connectivity index is 2.98. The van der Waals surface area contributed by atoms with Gasteiger partial charge in [0.25, 0.3) is 0 Å². The van der Waals surface area contributed by atoms with Gasteiger partial charge in [-0.15, -0.1) is 0 Å². The monoisotopic (exact) mass is 184 g/mol. The Morgan fingerprint density at radius 3 is 2.69 bits per heavy atom. The van der Waals surface area contributed by atoms with Crippen LogP contribution >= 0.6 is 0 Å². The lowest BCUT2D eigenvalue weighted by atomic mass is 10.1. The third kappa shape index (κ3) is 2.18. The zero-order valence-electron chi connectivity index (χ0n) is 7.75. The van der Waals surface area contributed by atoms with Crippen LogP contribution in [0, 0.1) is 5.82 Å². The summed E-state index contributed by atoms with van der Waals surface area (Å²) in [5.41, 5.74) is 0.322. The first-order chi connectivity index (χ1) is 6.19. The van der Waals surface area contributed by atoms with Gasteiger partial charge in [0.15, 0.2) is 0 Å². The standard InChI is InChI=1S/C10H13FO2/c1-3-10(12)8-5-4-7(13-2)6-9(8)11/h4-6,10,12H,3H2,1-2H3/t10-/m1/s1. The van der Waals surface area contributed by atoms with Gasteiger partial charge in [-0.3, -0.25) is 0 Å². The summed E-state index contributed by atoms with van der Waals surface area (Å²) in [6, 6.07) is 4.45. The minimum atomic E-state index is -0.731. The van der Waals surface area contributed by atoms with E-state index in [1.165, 1.54) is 13.2 Å². The van der Waals surface area contributed by atoms with Crippen molar-refractivity contribution in [2.24, 2.45) is 0 Å². The lowest BCUT2D eigenvalue weighted by Crippen LogP contribution is -1.99. The van der Waals surface area contributed by atoms with Gasteiger partial charge in [-0.1, -0.05) is 6.92 Å². The van der Waals surface area contributed by atoms with Crippen LogP contribution in [0.5, 0.6) is 5.75 Å². The smallest absolute Gasteiger partial charge is 0.132 e. The van der Waals surface area contributed by atoms with Crippen molar-refractivity contribution in [3.8, 4) is 5.75 Å². The van der Waals surface area contributed by atoms with Crippen LogP contribution < -0.4 is 4.74 Å². The van der Waals surface area contributed by atoms with Crippen LogP contribution in [0.25, 0.3) is 0 Å². The molecule has 0 fully saturated rings. The van der Waals surface area contributed by atoms with Crippen molar-refractivity contribution >= 4 is 0 Å². The van der Waals surface area contributed by atoms with Gasteiger partial charge < -0.3 is 9.84 Å². The first-order valence-corrected chi connectivity index (χ1v) is 4.20. The van der Waals surface area contributed by atoms with E-state index in [4.69, 9.17) is 4.74 Å². The predicted octanol–water partition coefficient (Wildman–Crippen LogP) is 2.28. The van der Waals surface area contributed by atoms with E-state index in [9.17, 15) is 9.50 Å². The van der Waals surface area contributed by atoms with Gasteiger partial charge in [-0.2, -0.15) is 0 Å². The van der Waals surface area contributed by atoms with E-state index >= 15 is 0 Å². The van der Waals surface area contributed by atoms with Gasteiger partial charge >= 0.3 is 0 Å². The SMILES string of the molecule is CC[C@@H](O)c1ccc(OC)cc1F. The summed E-state index contributed by atoms with van der Waals surface area (Å²) >= 11 is 0. The van der Waals surface area contributed by atoms with Gasteiger partial charge in [0.05, 0.1) is 13.2 Å². The molecular weight excluding hydrogens is 171 g/mol. The Labute approximate surface area is 77.0 Å². The number of hydrogen-bond donors (Lipinski definition) is 1. The highest BCUT2D eigenvalue weighted by Gasteiger charge is 2.10. The van der Waals surface area contributed by atoms with Gasteiger partial charge in [0, 0.05) is 11.6 Å². The fourth-order valence-corrected chi connectivity index (χ4v) is 1.12. The van der Waals surface area contributed by atoms with E-state index in [2.05, 4.69) is 0 Å². The molecule has 0 aliphatic heterocycles. The number of halogens is 1. The first kappa shape index (κ1) is 9.99. The Bertz CT molecular complexity index is 286. The molecule has 0 heterocycles. The van der Waals surface area contributed by atoms with Crippen molar-refractivity contribution < 1.29 is 14.2 Å². The largest absolute Gasteiger partial charge is 0.497 e. The minimum absolute atomic E-state index is 0.322. The topological polar surface area (TPSA) is 29.5 Å². The molecule has 13 heavy (non-hydrogen) atoms. The van der Waals surface area contributed by atoms with Crippen LogP contribution in [0.3, 0.4) is 0 Å². The summed E-state index contributed by atoms with van der Waals surface area (Å²) in [6.07, 6.45) is -0.227. The van der Waals surface area contributed by atoms with Gasteiger partial charge in [-0.05, 0) is 18.6 Å². The maximum absolute atomic E-state index is 13.2. The summed E-state index contributed by atoms with van der Waals surface area (Å²) in [5, 5.41) is 9.39. The predicted molar refractivity (Wildman–Crippen MR) is 48.2 cm³/mol. The molecule has 0 saturated carbocycles. The zero-order chi connectivity index (χ0) is 9.84. The average Bonchev–Trinajstić information content (AvgIpc) is 2.16. The quantitative estimate of drug-likeness (QED) is 0.780. The van der Waals surface area contributed by atoms with E-state index in [1.807, 2.05) is 0 Å². The number of aliphatic hydroxyl groups is 1. The Hall–Kier alpha value is -1.09. The number of ether oxygens (including phenoxy) is 1. The molecule has 0 spiro atoms. The molecule has 0 saturated heterocycles. The molecule has 0 aliphatic carbocycles. The molecule has 1 aromatic rings. The average molecular weight is 184 g/mol. The Morgan fingerprint density at radius 2 is 2.23 bits per heavy atom. The lowest BCUT2D eigenvalue weighted by molar-refractivity contribution is 0.169. The first-order valence-electron chi connectivity index (χ1n) is 4.20. The second kappa shape index (κ2) is 4.23. The molecule has 0 bridgehead atoms. The summed E-state index contributed by atoms with van der Waals surface area (Å²) in [7, 11) is 1.48. The maximum Gasteiger partial charge on any atom is 0.132 e. The van der Waals surface area contributed by atoms with Crippen LogP contribution in [0.15, 0.2) is 18.2 Å². The molecule has 1 aromatic carbocycles. The van der Waals surface area contributed by atoms with Gasteiger partial charge in [0.1, 0.15) is 11.6 Å². The van der Waals surface area contributed by atoms with Crippen LogP contribution in [-0.2, 0) is 0 Å². The normalized spacial score (nSPS) is 12.6. The molecule has 0 amide bonds. The molecule has 0 aliphatic rings. The lowest BCUT2D eigenvalue weighted by Gasteiger charge is -2.09. The highest BCUT2D eigenvalue weighted by Crippen LogP contribution is 2.23. The van der Waals surface area contributed by atoms with Crippen molar-refractivity contribution in [2.75, 3.05) is 7.11 Å². The zero-order valence-corrected chi connectivity index (χ0v) is 7.75. The number of rotatable bonds is 3. The summed E-state index contributed by atoms with van der Waals surface area (Å²) < 4.78 is 18.1. The second-order valence-corrected chi connectivity index (χ2v) is 2.81. The van der Waals surface area contributed by atoms with E-state index in [0.29, 0.717) is 17.7 Å². The Kier molecular flexibility index (Phi) is 3.25. The highest BCUT2D eigenvalue weighted by atomic mass is 19.1. The van der Waals surface area contributed by atoms with E-state index in [-0.39, 0.29) is 0 Å². The van der Waals surface area contributed by atoms with Gasteiger partial charge in [0.2, 0.25) is 0 Å². The van der Waals surface area contributed by atoms with E-state index in [0.717, 1.165) is 0 Å². The molecule has 0 radical (unpaired) electrons. The fraction of sp³-hybridized carbons (Fsp3) is 0.400. The molecule has 72 valence electrons. The van der Waals surface area contributed by atoms with Crippen LogP contribution in [0.2, 0.25) is 0 Å². The van der Waals surface area contributed by atoms with E-state index in [1.54, 1.807) is 19.1 Å². The van der Waals surface area contributed by atoms with E-state index < -0.39 is 11.9 Å². The van der Waals surface area contributed by atoms with Crippen LogP contribution in [-0.4, -0.2) is 12.2 Å². The molecule has 1 rings (SSSR count). The molecule has 1 N–H and O–H groups in total. The fourth-order valence-electron chi connectivity index (χ4n) is 1.12. The second-order valence-electron chi connectivity index (χ2n) is 2.81. The van der Waals surface area contributed by atoms with Crippen molar-refractivity contribution in [3.63, 3.8) is 0 Å².